The number of methoxy groups -OCH3 is 2. The third-order valence-electron chi connectivity index (χ3n) is 3.71. The molecule has 1 aromatic rings. The summed E-state index contributed by atoms with van der Waals surface area (Å²) in [6.45, 7) is 1.84. The Bertz CT molecular complexity index is 699. The number of isocyanates is 1. The first-order valence-corrected chi connectivity index (χ1v) is 7.96. The molecule has 142 valence electrons. The van der Waals surface area contributed by atoms with Crippen molar-refractivity contribution in [3.63, 3.8) is 0 Å². The van der Waals surface area contributed by atoms with Crippen molar-refractivity contribution < 1.29 is 34.1 Å². The average molecular weight is 366 g/mol. The average Bonchev–Trinajstić information content (AvgIpc) is 2.61. The number of rotatable bonds is 6. The molecular weight excluding hydrogens is 344 g/mol. The Morgan fingerprint density at radius 1 is 1.27 bits per heavy atom. The minimum absolute atomic E-state index is 0.292. The number of ether oxygens (including phenoxy) is 2. The van der Waals surface area contributed by atoms with Gasteiger partial charge in [-0.15, -0.1) is 0 Å². The molecule has 2 N–H and O–H groups in total. The molecule has 1 aliphatic rings. The summed E-state index contributed by atoms with van der Waals surface area (Å²) in [4.78, 5) is 31.4. The highest BCUT2D eigenvalue weighted by Gasteiger charge is 2.33. The van der Waals surface area contributed by atoms with E-state index in [9.17, 15) is 19.5 Å². The van der Waals surface area contributed by atoms with Crippen LogP contribution >= 0.6 is 0 Å². The summed E-state index contributed by atoms with van der Waals surface area (Å²) >= 11 is 0. The fraction of sp³-hybridized carbons (Fsp3) is 0.471. The lowest BCUT2D eigenvalue weighted by atomic mass is 9.96. The summed E-state index contributed by atoms with van der Waals surface area (Å²) in [5, 5.41) is 21.8. The van der Waals surface area contributed by atoms with Crippen LogP contribution in [-0.4, -0.2) is 48.5 Å². The maximum atomic E-state index is 11.2. The zero-order valence-electron chi connectivity index (χ0n) is 14.9. The van der Waals surface area contributed by atoms with Crippen molar-refractivity contribution in [3.05, 3.63) is 17.7 Å². The molecular formula is C17H22N2O7. The molecule has 1 atom stereocenters. The SMILES string of the molecule is CCCC(=O)O.COc1cc2c(cc1OC)N(N=C=O)C(C(=O)O)CC2. The minimum Gasteiger partial charge on any atom is -0.493 e. The van der Waals surface area contributed by atoms with E-state index < -0.39 is 18.0 Å². The van der Waals surface area contributed by atoms with Gasteiger partial charge in [0.1, 0.15) is 0 Å². The monoisotopic (exact) mass is 366 g/mol. The van der Waals surface area contributed by atoms with E-state index in [0.717, 1.165) is 17.0 Å². The van der Waals surface area contributed by atoms with E-state index in [4.69, 9.17) is 14.6 Å². The van der Waals surface area contributed by atoms with Gasteiger partial charge >= 0.3 is 11.9 Å². The summed E-state index contributed by atoms with van der Waals surface area (Å²) in [7, 11) is 3.00. The Hall–Kier alpha value is -3.06. The number of carboxylic acid groups (broad SMARTS) is 2. The number of carbonyl (C=O) groups excluding carboxylic acids is 1. The molecule has 0 aromatic heterocycles. The molecule has 9 heteroatoms. The number of hydrogen-bond donors (Lipinski definition) is 2. The fourth-order valence-electron chi connectivity index (χ4n) is 2.52. The molecule has 26 heavy (non-hydrogen) atoms. The molecule has 9 nitrogen and oxygen atoms in total. The number of benzene rings is 1. The molecule has 0 fully saturated rings. The van der Waals surface area contributed by atoms with Gasteiger partial charge in [-0.1, -0.05) is 12.0 Å². The van der Waals surface area contributed by atoms with Crippen molar-refractivity contribution >= 4 is 23.7 Å². The van der Waals surface area contributed by atoms with Gasteiger partial charge in [0, 0.05) is 12.5 Å². The molecule has 0 aliphatic carbocycles. The molecule has 0 spiro atoms. The van der Waals surface area contributed by atoms with Crippen molar-refractivity contribution in [1.82, 2.24) is 0 Å². The largest absolute Gasteiger partial charge is 0.493 e. The predicted octanol–water partition coefficient (Wildman–Crippen LogP) is 2.03. The van der Waals surface area contributed by atoms with Crippen molar-refractivity contribution in [2.24, 2.45) is 5.10 Å². The Morgan fingerprint density at radius 2 is 1.88 bits per heavy atom. The van der Waals surface area contributed by atoms with E-state index in [0.29, 0.717) is 36.4 Å². The first-order valence-electron chi connectivity index (χ1n) is 7.96. The number of nitrogens with zero attached hydrogens (tertiary/aromatic N) is 2. The standard InChI is InChI=1S/C13H14N2O5.C4H8O2/c1-19-11-5-8-3-4-9(13(17)18)15(14-7-16)10(8)6-12(11)20-2;1-2-3-4(5)6/h5-6,9H,3-4H2,1-2H3,(H,17,18);2-3H2,1H3,(H,5,6). The quantitative estimate of drug-likeness (QED) is 0.578. The normalized spacial score (nSPS) is 14.9. The van der Waals surface area contributed by atoms with Crippen LogP contribution in [0.4, 0.5) is 5.69 Å². The number of fused-ring (bicyclic) bond motifs is 1. The Balaban J connectivity index is 0.000000487. The number of hydrazone groups is 1. The van der Waals surface area contributed by atoms with Gasteiger partial charge in [-0.3, -0.25) is 4.79 Å². The van der Waals surface area contributed by atoms with Crippen LogP contribution in [0.1, 0.15) is 31.7 Å². The summed E-state index contributed by atoms with van der Waals surface area (Å²) in [6.07, 6.45) is 3.32. The first-order chi connectivity index (χ1) is 12.4. The van der Waals surface area contributed by atoms with Gasteiger partial charge < -0.3 is 19.7 Å². The number of carbonyl (C=O) groups is 2. The molecule has 0 saturated carbocycles. The topological polar surface area (TPSA) is 126 Å². The second kappa shape index (κ2) is 10.0. The fourth-order valence-corrected chi connectivity index (χ4v) is 2.52. The van der Waals surface area contributed by atoms with Crippen molar-refractivity contribution in [2.75, 3.05) is 19.2 Å². The second-order valence-electron chi connectivity index (χ2n) is 5.41. The maximum Gasteiger partial charge on any atom is 0.328 e. The lowest BCUT2D eigenvalue weighted by Gasteiger charge is -2.31. The van der Waals surface area contributed by atoms with Crippen LogP contribution in [0, 0.1) is 0 Å². The zero-order chi connectivity index (χ0) is 19.7. The van der Waals surface area contributed by atoms with Crippen LogP contribution in [0.2, 0.25) is 0 Å². The van der Waals surface area contributed by atoms with E-state index in [1.165, 1.54) is 20.3 Å². The minimum atomic E-state index is -1.04. The highest BCUT2D eigenvalue weighted by Crippen LogP contribution is 2.39. The van der Waals surface area contributed by atoms with Gasteiger partial charge in [0.25, 0.3) is 6.08 Å². The van der Waals surface area contributed by atoms with Crippen LogP contribution in [0.3, 0.4) is 0 Å². The summed E-state index contributed by atoms with van der Waals surface area (Å²) < 4.78 is 10.4. The van der Waals surface area contributed by atoms with Gasteiger partial charge in [-0.05, 0) is 30.9 Å². The van der Waals surface area contributed by atoms with Gasteiger partial charge in [-0.25, -0.2) is 14.6 Å². The molecule has 1 unspecified atom stereocenters. The van der Waals surface area contributed by atoms with Gasteiger partial charge in [-0.2, -0.15) is 0 Å². The van der Waals surface area contributed by atoms with E-state index >= 15 is 0 Å². The predicted molar refractivity (Wildman–Crippen MR) is 92.4 cm³/mol. The Morgan fingerprint density at radius 3 is 2.31 bits per heavy atom. The van der Waals surface area contributed by atoms with E-state index in [1.54, 1.807) is 12.1 Å². The summed E-state index contributed by atoms with van der Waals surface area (Å²) in [6, 6.07) is 2.49. The molecule has 2 rings (SSSR count). The molecule has 1 aliphatic heterocycles. The number of anilines is 1. The number of carboxylic acids is 2. The van der Waals surface area contributed by atoms with Crippen molar-refractivity contribution in [1.29, 1.82) is 0 Å². The highest BCUT2D eigenvalue weighted by molar-refractivity contribution is 5.80. The molecule has 1 aromatic carbocycles. The van der Waals surface area contributed by atoms with Crippen molar-refractivity contribution in [2.45, 2.75) is 38.6 Å². The number of aryl methyl sites for hydroxylation is 1. The van der Waals surface area contributed by atoms with Crippen LogP contribution in [0.5, 0.6) is 11.5 Å². The molecule has 1 heterocycles. The lowest BCUT2D eigenvalue weighted by Crippen LogP contribution is -2.41. The third-order valence-corrected chi connectivity index (χ3v) is 3.71. The van der Waals surface area contributed by atoms with Gasteiger partial charge in [0.05, 0.1) is 19.9 Å². The smallest absolute Gasteiger partial charge is 0.328 e. The van der Waals surface area contributed by atoms with Crippen molar-refractivity contribution in [3.8, 4) is 11.5 Å². The zero-order valence-corrected chi connectivity index (χ0v) is 14.9. The molecule has 0 bridgehead atoms. The lowest BCUT2D eigenvalue weighted by molar-refractivity contribution is -0.139. The van der Waals surface area contributed by atoms with E-state index in [-0.39, 0.29) is 0 Å². The molecule has 0 saturated heterocycles. The second-order valence-corrected chi connectivity index (χ2v) is 5.41. The first kappa shape index (κ1) is 21.0. The van der Waals surface area contributed by atoms with E-state index in [1.807, 2.05) is 6.92 Å². The van der Waals surface area contributed by atoms with Gasteiger partial charge in [0.2, 0.25) is 0 Å². The Kier molecular flexibility index (Phi) is 8.11. The van der Waals surface area contributed by atoms with Crippen LogP contribution in [0.25, 0.3) is 0 Å². The maximum absolute atomic E-state index is 11.2. The highest BCUT2D eigenvalue weighted by atomic mass is 16.5. The van der Waals surface area contributed by atoms with Crippen LogP contribution < -0.4 is 14.5 Å². The van der Waals surface area contributed by atoms with Gasteiger partial charge in [0.15, 0.2) is 17.5 Å². The molecule has 0 radical (unpaired) electrons. The summed E-state index contributed by atoms with van der Waals surface area (Å²) in [5.74, 6) is -0.750. The van der Waals surface area contributed by atoms with E-state index in [2.05, 4.69) is 5.10 Å². The summed E-state index contributed by atoms with van der Waals surface area (Å²) in [5.41, 5.74) is 1.36. The molecule has 0 amide bonds. The van der Waals surface area contributed by atoms with Crippen LogP contribution in [-0.2, 0) is 20.8 Å². The third kappa shape index (κ3) is 5.22. The number of hydrogen-bond acceptors (Lipinski definition) is 7. The number of aliphatic carboxylic acids is 2. The Labute approximate surface area is 150 Å². The van der Waals surface area contributed by atoms with Crippen LogP contribution in [0.15, 0.2) is 17.2 Å².